The Balaban J connectivity index is 1.39. The second-order valence-corrected chi connectivity index (χ2v) is 12.3. The van der Waals surface area contributed by atoms with E-state index < -0.39 is 0 Å². The third-order valence-corrected chi connectivity index (χ3v) is 10.3. The van der Waals surface area contributed by atoms with Gasteiger partial charge in [-0.15, -0.1) is 11.8 Å². The van der Waals surface area contributed by atoms with Gasteiger partial charge in [-0.25, -0.2) is 0 Å². The molecule has 0 spiro atoms. The first-order valence-corrected chi connectivity index (χ1v) is 12.4. The van der Waals surface area contributed by atoms with Gasteiger partial charge in [-0.3, -0.25) is 4.79 Å². The number of carbonyl (C=O) groups is 1. The van der Waals surface area contributed by atoms with E-state index in [0.717, 1.165) is 42.2 Å². The van der Waals surface area contributed by atoms with Gasteiger partial charge in [0.05, 0.1) is 0 Å². The van der Waals surface area contributed by atoms with Crippen LogP contribution < -0.4 is 0 Å². The number of fused-ring (bicyclic) bond motifs is 5. The second kappa shape index (κ2) is 7.05. The van der Waals surface area contributed by atoms with Crippen molar-refractivity contribution in [1.82, 2.24) is 4.90 Å². The van der Waals surface area contributed by atoms with Crippen LogP contribution in [0, 0.1) is 28.6 Å². The van der Waals surface area contributed by atoms with E-state index in [-0.39, 0.29) is 5.41 Å². The summed E-state index contributed by atoms with van der Waals surface area (Å²) >= 11 is 8.14. The van der Waals surface area contributed by atoms with Gasteiger partial charge >= 0.3 is 0 Å². The van der Waals surface area contributed by atoms with Crippen LogP contribution in [0.5, 0.6) is 0 Å². The smallest absolute Gasteiger partial charge is 0.157 e. The van der Waals surface area contributed by atoms with Gasteiger partial charge in [0.15, 0.2) is 5.78 Å². The van der Waals surface area contributed by atoms with Crippen molar-refractivity contribution in [2.75, 3.05) is 13.6 Å². The molecule has 0 aromatic heterocycles. The Morgan fingerprint density at radius 1 is 1.14 bits per heavy atom. The molecule has 0 amide bonds. The normalized spacial score (nSPS) is 41.4. The Morgan fingerprint density at radius 3 is 2.66 bits per heavy atom. The Bertz CT molecular complexity index is 851. The lowest BCUT2D eigenvalue weighted by molar-refractivity contribution is -0.118. The maximum Gasteiger partial charge on any atom is 0.157 e. The number of piperidine rings is 1. The predicted molar refractivity (Wildman–Crippen MR) is 121 cm³/mol. The largest absolute Gasteiger partial charge is 0.377 e. The summed E-state index contributed by atoms with van der Waals surface area (Å²) < 4.78 is 0. The molecular formula is C25H32ClNOS. The molecule has 156 valence electrons. The number of hydrogen-bond acceptors (Lipinski definition) is 3. The fraction of sp³-hybridized carbons (Fsp3) is 0.640. The molecule has 0 unspecified atom stereocenters. The van der Waals surface area contributed by atoms with Gasteiger partial charge in [0.25, 0.3) is 0 Å². The first-order chi connectivity index (χ1) is 13.8. The van der Waals surface area contributed by atoms with Crippen LogP contribution in [0.3, 0.4) is 0 Å². The zero-order chi connectivity index (χ0) is 20.4. The number of halogens is 1. The zero-order valence-electron chi connectivity index (χ0n) is 17.8. The molecule has 0 N–H and O–H groups in total. The molecule has 4 heteroatoms. The Kier molecular flexibility index (Phi) is 4.86. The summed E-state index contributed by atoms with van der Waals surface area (Å²) in [4.78, 5) is 15.9. The summed E-state index contributed by atoms with van der Waals surface area (Å²) in [6.45, 7) is 6.14. The lowest BCUT2D eigenvalue weighted by Crippen LogP contribution is -2.56. The first-order valence-electron chi connectivity index (χ1n) is 11.2. The van der Waals surface area contributed by atoms with E-state index in [4.69, 9.17) is 11.6 Å². The summed E-state index contributed by atoms with van der Waals surface area (Å²) in [5, 5.41) is 1.52. The molecule has 2 nitrogen and oxygen atoms in total. The summed E-state index contributed by atoms with van der Waals surface area (Å²) in [6, 6.07) is 8.37. The lowest BCUT2D eigenvalue weighted by atomic mass is 9.50. The molecule has 29 heavy (non-hydrogen) atoms. The molecule has 6 atom stereocenters. The number of likely N-dealkylation sites (tertiary alicyclic amines) is 1. The summed E-state index contributed by atoms with van der Waals surface area (Å²) in [7, 11) is 2.22. The molecule has 1 aromatic rings. The summed E-state index contributed by atoms with van der Waals surface area (Å²) in [6.07, 6.45) is 9.07. The Hall–Kier alpha value is -0.930. The van der Waals surface area contributed by atoms with E-state index in [9.17, 15) is 4.79 Å². The highest BCUT2D eigenvalue weighted by Gasteiger charge is 2.59. The van der Waals surface area contributed by atoms with Crippen LogP contribution in [0.1, 0.15) is 52.4 Å². The van der Waals surface area contributed by atoms with Gasteiger partial charge in [0.2, 0.25) is 0 Å². The van der Waals surface area contributed by atoms with Crippen molar-refractivity contribution in [2.45, 2.75) is 62.5 Å². The minimum atomic E-state index is 0.189. The fourth-order valence-electron chi connectivity index (χ4n) is 7.36. The van der Waals surface area contributed by atoms with E-state index in [1.165, 1.54) is 36.3 Å². The van der Waals surface area contributed by atoms with Crippen LogP contribution in [-0.2, 0) is 4.79 Å². The highest BCUT2D eigenvalue weighted by atomic mass is 35.5. The summed E-state index contributed by atoms with van der Waals surface area (Å²) in [5.41, 5.74) is 1.98. The fourth-order valence-corrected chi connectivity index (χ4v) is 8.93. The van der Waals surface area contributed by atoms with Crippen molar-refractivity contribution in [3.8, 4) is 0 Å². The first kappa shape index (κ1) is 20.0. The van der Waals surface area contributed by atoms with Crippen LogP contribution in [0.25, 0.3) is 0 Å². The molecule has 1 aromatic carbocycles. The molecule has 3 fully saturated rings. The third-order valence-electron chi connectivity index (χ3n) is 8.77. The topological polar surface area (TPSA) is 20.3 Å². The second-order valence-electron chi connectivity index (χ2n) is 10.5. The van der Waals surface area contributed by atoms with Crippen molar-refractivity contribution < 1.29 is 4.79 Å². The Morgan fingerprint density at radius 2 is 1.90 bits per heavy atom. The SMILES string of the molecule is CN1C[C@H]2[C@@H]3C[C@H](Sc4ccc(Cl)cc4)C[C@@]3(C)CC[C@@H]2[C@@]2(C)CCC(=O)C=C12. The van der Waals surface area contributed by atoms with Gasteiger partial charge in [0, 0.05) is 52.4 Å². The van der Waals surface area contributed by atoms with Gasteiger partial charge < -0.3 is 4.90 Å². The predicted octanol–water partition coefficient (Wildman–Crippen LogP) is 6.44. The molecule has 2 saturated carbocycles. The quantitative estimate of drug-likeness (QED) is 0.539. The van der Waals surface area contributed by atoms with Crippen molar-refractivity contribution in [3.63, 3.8) is 0 Å². The van der Waals surface area contributed by atoms with Crippen LogP contribution >= 0.6 is 23.4 Å². The molecule has 3 aliphatic carbocycles. The number of rotatable bonds is 2. The lowest BCUT2D eigenvalue weighted by Gasteiger charge is -2.59. The van der Waals surface area contributed by atoms with Crippen LogP contribution in [0.2, 0.25) is 5.02 Å². The molecular weight excluding hydrogens is 398 g/mol. The number of ketones is 1. The molecule has 1 aliphatic heterocycles. The van der Waals surface area contributed by atoms with Crippen molar-refractivity contribution in [1.29, 1.82) is 0 Å². The number of nitrogens with zero attached hydrogens (tertiary/aromatic N) is 1. The number of allylic oxidation sites excluding steroid dienone is 2. The van der Waals surface area contributed by atoms with E-state index in [2.05, 4.69) is 49.7 Å². The number of hydrogen-bond donors (Lipinski definition) is 0. The number of benzene rings is 1. The molecule has 0 bridgehead atoms. The average Bonchev–Trinajstić information content (AvgIpc) is 3.01. The standard InChI is InChI=1S/C25H32ClNOS/c1-24-10-9-21-20(15-27(3)23-12-17(28)8-11-25(21,23)2)22(24)13-19(14-24)29-18-6-4-16(26)5-7-18/h4-7,12,19-22H,8-11,13-15H2,1-3H3/t19-,20+,21-,22-,24+,25+/m0/s1. The van der Waals surface area contributed by atoms with Crippen molar-refractivity contribution >= 4 is 29.1 Å². The molecule has 0 radical (unpaired) electrons. The van der Waals surface area contributed by atoms with E-state index in [1.54, 1.807) is 0 Å². The van der Waals surface area contributed by atoms with E-state index in [0.29, 0.717) is 16.4 Å². The Labute approximate surface area is 184 Å². The minimum absolute atomic E-state index is 0.189. The van der Waals surface area contributed by atoms with Crippen LogP contribution in [-0.4, -0.2) is 29.5 Å². The van der Waals surface area contributed by atoms with Crippen LogP contribution in [0.15, 0.2) is 40.9 Å². The molecule has 1 saturated heterocycles. The van der Waals surface area contributed by atoms with Gasteiger partial charge in [-0.1, -0.05) is 25.4 Å². The minimum Gasteiger partial charge on any atom is -0.377 e. The maximum absolute atomic E-state index is 12.1. The van der Waals surface area contributed by atoms with Gasteiger partial charge in [0.1, 0.15) is 0 Å². The monoisotopic (exact) mass is 429 g/mol. The van der Waals surface area contributed by atoms with E-state index >= 15 is 0 Å². The number of thioether (sulfide) groups is 1. The summed E-state index contributed by atoms with van der Waals surface area (Å²) in [5.74, 6) is 2.61. The van der Waals surface area contributed by atoms with Gasteiger partial charge in [-0.05, 0) is 79.5 Å². The molecule has 4 aliphatic rings. The highest BCUT2D eigenvalue weighted by molar-refractivity contribution is 8.00. The van der Waals surface area contributed by atoms with Crippen molar-refractivity contribution in [3.05, 3.63) is 41.1 Å². The van der Waals surface area contributed by atoms with Gasteiger partial charge in [-0.2, -0.15) is 0 Å². The third kappa shape index (κ3) is 3.28. The van der Waals surface area contributed by atoms with Crippen LogP contribution in [0.4, 0.5) is 0 Å². The maximum atomic E-state index is 12.1. The molecule has 1 heterocycles. The average molecular weight is 430 g/mol. The molecule has 5 rings (SSSR count). The zero-order valence-corrected chi connectivity index (χ0v) is 19.4. The number of carbonyl (C=O) groups excluding carboxylic acids is 1. The highest BCUT2D eigenvalue weighted by Crippen LogP contribution is 2.65. The van der Waals surface area contributed by atoms with Crippen molar-refractivity contribution in [2.24, 2.45) is 28.6 Å². The van der Waals surface area contributed by atoms with E-state index in [1.807, 2.05) is 18.2 Å².